The molecule has 0 fully saturated rings. The first-order valence-corrected chi connectivity index (χ1v) is 7.31. The lowest BCUT2D eigenvalue weighted by molar-refractivity contribution is 0.326. The Hall–Kier alpha value is -2.36. The summed E-state index contributed by atoms with van der Waals surface area (Å²) in [5, 5.41) is 21.3. The lowest BCUT2D eigenvalue weighted by Gasteiger charge is -2.20. The van der Waals surface area contributed by atoms with Crippen molar-refractivity contribution >= 4 is 0 Å². The molecule has 0 aliphatic rings. The molecule has 2 aromatic carbocycles. The van der Waals surface area contributed by atoms with Crippen molar-refractivity contribution in [3.05, 3.63) is 35.4 Å². The third-order valence-corrected chi connectivity index (χ3v) is 3.78. The first kappa shape index (κ1) is 16.0. The van der Waals surface area contributed by atoms with Crippen LogP contribution in [0.3, 0.4) is 0 Å². The van der Waals surface area contributed by atoms with Crippen molar-refractivity contribution in [2.45, 2.75) is 26.7 Å². The molecule has 2 aromatic rings. The summed E-state index contributed by atoms with van der Waals surface area (Å²) in [6, 6.07) is 7.59. The zero-order valence-electron chi connectivity index (χ0n) is 13.4. The number of rotatable bonds is 5. The average Bonchev–Trinajstić information content (AvgIpc) is 2.51. The zero-order valence-corrected chi connectivity index (χ0v) is 13.4. The van der Waals surface area contributed by atoms with E-state index in [1.54, 1.807) is 0 Å². The molecule has 0 radical (unpaired) electrons. The maximum absolute atomic E-state index is 10.7. The van der Waals surface area contributed by atoms with E-state index in [0.717, 1.165) is 17.5 Å². The van der Waals surface area contributed by atoms with Crippen LogP contribution < -0.4 is 9.47 Å². The molecule has 4 nitrogen and oxygen atoms in total. The maximum atomic E-state index is 10.7. The van der Waals surface area contributed by atoms with Gasteiger partial charge in [-0.25, -0.2) is 0 Å². The van der Waals surface area contributed by atoms with Gasteiger partial charge in [-0.05, 0) is 24.5 Å². The van der Waals surface area contributed by atoms with E-state index in [2.05, 4.69) is 0 Å². The van der Waals surface area contributed by atoms with E-state index >= 15 is 0 Å². The summed E-state index contributed by atoms with van der Waals surface area (Å²) in [4.78, 5) is 0. The van der Waals surface area contributed by atoms with Crippen LogP contribution in [-0.2, 0) is 6.42 Å². The van der Waals surface area contributed by atoms with E-state index in [0.29, 0.717) is 23.3 Å². The first-order valence-electron chi connectivity index (χ1n) is 7.31. The lowest BCUT2D eigenvalue weighted by Crippen LogP contribution is -2.00. The highest BCUT2D eigenvalue weighted by atomic mass is 16.5. The molecule has 0 aliphatic heterocycles. The fourth-order valence-corrected chi connectivity index (χ4v) is 2.72. The van der Waals surface area contributed by atoms with Crippen LogP contribution in [0.1, 0.15) is 24.5 Å². The van der Waals surface area contributed by atoms with Crippen LogP contribution in [0.2, 0.25) is 0 Å². The van der Waals surface area contributed by atoms with Crippen LogP contribution in [0.4, 0.5) is 0 Å². The van der Waals surface area contributed by atoms with Gasteiger partial charge in [-0.15, -0.1) is 0 Å². The van der Waals surface area contributed by atoms with E-state index < -0.39 is 0 Å². The molecule has 2 rings (SSSR count). The van der Waals surface area contributed by atoms with Gasteiger partial charge in [0.15, 0.2) is 11.5 Å². The molecular weight excluding hydrogens is 280 g/mol. The summed E-state index contributed by atoms with van der Waals surface area (Å²) >= 11 is 0. The minimum Gasteiger partial charge on any atom is -0.507 e. The minimum absolute atomic E-state index is 0.0475. The maximum Gasteiger partial charge on any atom is 0.204 e. The van der Waals surface area contributed by atoms with Gasteiger partial charge in [0.25, 0.3) is 0 Å². The minimum atomic E-state index is -0.106. The summed E-state index contributed by atoms with van der Waals surface area (Å²) < 4.78 is 10.7. The van der Waals surface area contributed by atoms with Gasteiger partial charge >= 0.3 is 0 Å². The molecule has 0 aromatic heterocycles. The number of aromatic hydroxyl groups is 2. The summed E-state index contributed by atoms with van der Waals surface area (Å²) in [5.74, 6) is 0.580. The van der Waals surface area contributed by atoms with Crippen molar-refractivity contribution in [2.24, 2.45) is 0 Å². The van der Waals surface area contributed by atoms with Crippen molar-refractivity contribution in [3.8, 4) is 34.1 Å². The summed E-state index contributed by atoms with van der Waals surface area (Å²) in [5.41, 5.74) is 2.77. The normalized spacial score (nSPS) is 10.5. The number of hydrogen-bond donors (Lipinski definition) is 2. The Morgan fingerprint density at radius 3 is 2.14 bits per heavy atom. The van der Waals surface area contributed by atoms with E-state index in [4.69, 9.17) is 9.47 Å². The predicted octanol–water partition coefficient (Wildman–Crippen LogP) is 4.04. The summed E-state index contributed by atoms with van der Waals surface area (Å²) in [6.45, 7) is 3.95. The molecule has 0 saturated heterocycles. The second-order valence-electron chi connectivity index (χ2n) is 5.18. The van der Waals surface area contributed by atoms with Crippen molar-refractivity contribution in [1.29, 1.82) is 0 Å². The highest BCUT2D eigenvalue weighted by Crippen LogP contribution is 2.52. The van der Waals surface area contributed by atoms with Gasteiger partial charge in [-0.3, -0.25) is 0 Å². The number of benzene rings is 2. The van der Waals surface area contributed by atoms with Gasteiger partial charge in [-0.2, -0.15) is 0 Å². The molecule has 0 heterocycles. The Morgan fingerprint density at radius 2 is 1.59 bits per heavy atom. The molecular formula is C18H22O4. The van der Waals surface area contributed by atoms with E-state index in [1.165, 1.54) is 14.2 Å². The second-order valence-corrected chi connectivity index (χ2v) is 5.18. The SMILES string of the molecule is CCCc1c(O)c(-c2ccccc2C)c(O)c(OC)c1OC. The van der Waals surface area contributed by atoms with Gasteiger partial charge in [0, 0.05) is 5.56 Å². The molecule has 0 amide bonds. The van der Waals surface area contributed by atoms with Crippen molar-refractivity contribution in [1.82, 2.24) is 0 Å². The topological polar surface area (TPSA) is 58.9 Å². The number of aryl methyl sites for hydroxylation is 1. The molecule has 0 unspecified atom stereocenters. The molecule has 0 aliphatic carbocycles. The van der Waals surface area contributed by atoms with E-state index in [9.17, 15) is 10.2 Å². The third-order valence-electron chi connectivity index (χ3n) is 3.78. The van der Waals surface area contributed by atoms with Crippen LogP contribution >= 0.6 is 0 Å². The van der Waals surface area contributed by atoms with Crippen LogP contribution in [0.15, 0.2) is 24.3 Å². The van der Waals surface area contributed by atoms with Crippen molar-refractivity contribution < 1.29 is 19.7 Å². The van der Waals surface area contributed by atoms with Gasteiger partial charge in [0.05, 0.1) is 19.8 Å². The van der Waals surface area contributed by atoms with E-state index in [-0.39, 0.29) is 17.2 Å². The average molecular weight is 302 g/mol. The Balaban J connectivity index is 2.85. The van der Waals surface area contributed by atoms with Crippen LogP contribution in [-0.4, -0.2) is 24.4 Å². The fourth-order valence-electron chi connectivity index (χ4n) is 2.72. The number of phenols is 2. The zero-order chi connectivity index (χ0) is 16.3. The Bertz CT molecular complexity index is 677. The van der Waals surface area contributed by atoms with Crippen molar-refractivity contribution in [3.63, 3.8) is 0 Å². The Labute approximate surface area is 130 Å². The fraction of sp³-hybridized carbons (Fsp3) is 0.333. The lowest BCUT2D eigenvalue weighted by atomic mass is 9.94. The third kappa shape index (κ3) is 2.56. The number of methoxy groups -OCH3 is 2. The molecule has 0 atom stereocenters. The second kappa shape index (κ2) is 6.60. The summed E-state index contributed by atoms with van der Waals surface area (Å²) in [7, 11) is 2.98. The van der Waals surface area contributed by atoms with Gasteiger partial charge in [0.1, 0.15) is 5.75 Å². The molecule has 0 bridgehead atoms. The standard InChI is InChI=1S/C18H22O4/c1-5-8-13-15(19)14(12-10-7-6-9-11(12)2)16(20)18(22-4)17(13)21-3/h6-7,9-10,19-20H,5,8H2,1-4H3. The number of ether oxygens (including phenoxy) is 2. The molecule has 0 spiro atoms. The van der Waals surface area contributed by atoms with Crippen molar-refractivity contribution in [2.75, 3.05) is 14.2 Å². The molecule has 4 heteroatoms. The highest BCUT2D eigenvalue weighted by molar-refractivity contribution is 5.85. The largest absolute Gasteiger partial charge is 0.507 e. The van der Waals surface area contributed by atoms with Crippen LogP contribution in [0.5, 0.6) is 23.0 Å². The Morgan fingerprint density at radius 1 is 0.955 bits per heavy atom. The quantitative estimate of drug-likeness (QED) is 0.875. The molecule has 2 N–H and O–H groups in total. The van der Waals surface area contributed by atoms with Gasteiger partial charge in [-0.1, -0.05) is 37.6 Å². The monoisotopic (exact) mass is 302 g/mol. The molecule has 0 saturated carbocycles. The Kier molecular flexibility index (Phi) is 4.81. The summed E-state index contributed by atoms with van der Waals surface area (Å²) in [6.07, 6.45) is 1.47. The molecule has 118 valence electrons. The van der Waals surface area contributed by atoms with Gasteiger partial charge in [0.2, 0.25) is 5.75 Å². The predicted molar refractivity (Wildman–Crippen MR) is 87.0 cm³/mol. The number of hydrogen-bond acceptors (Lipinski definition) is 4. The van der Waals surface area contributed by atoms with Crippen LogP contribution in [0, 0.1) is 6.92 Å². The number of phenolic OH excluding ortho intramolecular Hbond substituents is 2. The molecule has 22 heavy (non-hydrogen) atoms. The first-order chi connectivity index (χ1) is 10.6. The van der Waals surface area contributed by atoms with Gasteiger partial charge < -0.3 is 19.7 Å². The van der Waals surface area contributed by atoms with E-state index in [1.807, 2.05) is 38.1 Å². The smallest absolute Gasteiger partial charge is 0.204 e. The highest BCUT2D eigenvalue weighted by Gasteiger charge is 2.26. The van der Waals surface area contributed by atoms with Crippen LogP contribution in [0.25, 0.3) is 11.1 Å².